The van der Waals surface area contributed by atoms with Crippen molar-refractivity contribution < 1.29 is 28.7 Å². The van der Waals surface area contributed by atoms with Crippen LogP contribution in [0.4, 0.5) is 11.4 Å². The fraction of sp³-hybridized carbons (Fsp3) is 0.0250. The first-order valence-electron chi connectivity index (χ1n) is 15.3. The summed E-state index contributed by atoms with van der Waals surface area (Å²) in [4.78, 5) is 60.9. The number of ketones is 4. The molecule has 0 fully saturated rings. The van der Waals surface area contributed by atoms with E-state index in [9.17, 15) is 19.2 Å². The number of anilines is 1. The highest BCUT2D eigenvalue weighted by atomic mass is 16.5. The lowest BCUT2D eigenvalue weighted by molar-refractivity contribution is 0.0973. The normalized spacial score (nSPS) is 16.8. The minimum Gasteiger partial charge on any atom is -0.457 e. The first-order chi connectivity index (χ1) is 23.5. The number of ether oxygens (including phenoxy) is 2. The van der Waals surface area contributed by atoms with Crippen molar-refractivity contribution in [3.05, 3.63) is 166 Å². The zero-order valence-electron chi connectivity index (χ0n) is 25.0. The molecule has 1 unspecified atom stereocenters. The number of nitrogens with one attached hydrogen (secondary N) is 1. The minimum absolute atomic E-state index is 0.174. The zero-order chi connectivity index (χ0) is 32.5. The molecule has 8 heteroatoms. The molecular formula is C40H22N2O6. The third kappa shape index (κ3) is 4.06. The number of hydrogen-bond donors (Lipinski definition) is 1. The predicted molar refractivity (Wildman–Crippen MR) is 179 cm³/mol. The van der Waals surface area contributed by atoms with Gasteiger partial charge in [0.05, 0.1) is 39.8 Å². The third-order valence-electron chi connectivity index (χ3n) is 8.91. The number of rotatable bonds is 4. The Bertz CT molecular complexity index is 2390. The number of para-hydroxylation sites is 2. The predicted octanol–water partition coefficient (Wildman–Crippen LogP) is 7.86. The maximum atomic E-state index is 14.1. The molecule has 0 saturated heterocycles. The SMILES string of the molecule is O=C1C2=C(C=CC3=Nc4c(ccc5c4C(=O)c4cccc(Oc6ccccc6)c4C5=O)NC32)C(=O)c2c(Oc3ccccc3)cccc21. The molecule has 8 nitrogen and oxygen atoms in total. The molecule has 0 aromatic heterocycles. The second-order valence-electron chi connectivity index (χ2n) is 11.7. The second kappa shape index (κ2) is 10.4. The lowest BCUT2D eigenvalue weighted by Crippen LogP contribution is -2.41. The van der Waals surface area contributed by atoms with Crippen molar-refractivity contribution in [1.29, 1.82) is 0 Å². The average molecular weight is 627 g/mol. The van der Waals surface area contributed by atoms with Crippen molar-refractivity contribution in [2.75, 3.05) is 5.32 Å². The number of nitrogens with zero attached hydrogens (tertiary/aromatic N) is 1. The van der Waals surface area contributed by atoms with Gasteiger partial charge in [0.25, 0.3) is 0 Å². The van der Waals surface area contributed by atoms with Crippen LogP contribution < -0.4 is 14.8 Å². The van der Waals surface area contributed by atoms with Crippen molar-refractivity contribution in [3.8, 4) is 23.0 Å². The Morgan fingerprint density at radius 1 is 0.521 bits per heavy atom. The first-order valence-corrected chi connectivity index (χ1v) is 15.3. The molecule has 4 aliphatic rings. The fourth-order valence-electron chi connectivity index (χ4n) is 6.74. The highest BCUT2D eigenvalue weighted by Crippen LogP contribution is 2.46. The molecule has 1 atom stereocenters. The largest absolute Gasteiger partial charge is 0.457 e. The Labute approximate surface area is 273 Å². The number of aliphatic imine (C=N–C) groups is 1. The van der Waals surface area contributed by atoms with Gasteiger partial charge in [0.1, 0.15) is 23.0 Å². The Morgan fingerprint density at radius 2 is 1.08 bits per heavy atom. The van der Waals surface area contributed by atoms with Crippen LogP contribution in [0.15, 0.2) is 137 Å². The number of allylic oxidation sites excluding steroid dienone is 2. The zero-order valence-corrected chi connectivity index (χ0v) is 25.0. The van der Waals surface area contributed by atoms with Gasteiger partial charge in [-0.25, -0.2) is 4.99 Å². The van der Waals surface area contributed by atoms with Gasteiger partial charge in [0.2, 0.25) is 0 Å². The number of Topliss-reactive ketones (excluding diaryl/α,β-unsaturated/α-hetero) is 2. The van der Waals surface area contributed by atoms with Crippen molar-refractivity contribution in [2.45, 2.75) is 6.04 Å². The number of carbonyl (C=O) groups is 4. The van der Waals surface area contributed by atoms with Crippen LogP contribution >= 0.6 is 0 Å². The van der Waals surface area contributed by atoms with Gasteiger partial charge >= 0.3 is 0 Å². The molecular weight excluding hydrogens is 604 g/mol. The first kappa shape index (κ1) is 27.6. The molecule has 9 rings (SSSR count). The molecule has 0 amide bonds. The van der Waals surface area contributed by atoms with Crippen LogP contribution in [0.1, 0.15) is 52.6 Å². The highest BCUT2D eigenvalue weighted by Gasteiger charge is 2.43. The Balaban J connectivity index is 1.09. The van der Waals surface area contributed by atoms with Crippen LogP contribution in [0.25, 0.3) is 0 Å². The van der Waals surface area contributed by atoms with E-state index >= 15 is 0 Å². The van der Waals surface area contributed by atoms with Crippen LogP contribution in [0.2, 0.25) is 0 Å². The van der Waals surface area contributed by atoms with E-state index in [1.165, 1.54) is 0 Å². The maximum Gasteiger partial charge on any atom is 0.198 e. The Kier molecular flexibility index (Phi) is 6.00. The summed E-state index contributed by atoms with van der Waals surface area (Å²) in [6, 6.07) is 30.6. The lowest BCUT2D eigenvalue weighted by Gasteiger charge is -2.34. The quantitative estimate of drug-likeness (QED) is 0.212. The highest BCUT2D eigenvalue weighted by molar-refractivity contribution is 6.35. The van der Waals surface area contributed by atoms with E-state index < -0.39 is 6.04 Å². The summed E-state index contributed by atoms with van der Waals surface area (Å²) in [7, 11) is 0. The third-order valence-corrected chi connectivity index (χ3v) is 8.91. The molecule has 0 saturated carbocycles. The summed E-state index contributed by atoms with van der Waals surface area (Å²) in [6.07, 6.45) is 3.26. The Morgan fingerprint density at radius 3 is 1.73 bits per heavy atom. The van der Waals surface area contributed by atoms with E-state index in [-0.39, 0.29) is 73.4 Å². The van der Waals surface area contributed by atoms with Crippen LogP contribution in [-0.4, -0.2) is 34.9 Å². The van der Waals surface area contributed by atoms with Gasteiger partial charge in [-0.3, -0.25) is 19.2 Å². The summed E-state index contributed by atoms with van der Waals surface area (Å²) >= 11 is 0. The number of hydrogen-bond acceptors (Lipinski definition) is 8. The van der Waals surface area contributed by atoms with Crippen LogP contribution in [0.5, 0.6) is 23.0 Å². The summed E-state index contributed by atoms with van der Waals surface area (Å²) in [5.41, 5.74) is 2.99. The molecule has 1 N–H and O–H groups in total. The molecule has 5 aromatic carbocycles. The van der Waals surface area contributed by atoms with Crippen LogP contribution in [0, 0.1) is 0 Å². The maximum absolute atomic E-state index is 14.1. The molecule has 48 heavy (non-hydrogen) atoms. The number of benzene rings is 5. The van der Waals surface area contributed by atoms with Gasteiger partial charge in [-0.15, -0.1) is 0 Å². The number of carbonyl (C=O) groups excluding carboxylic acids is 4. The van der Waals surface area contributed by atoms with Crippen molar-refractivity contribution >= 4 is 40.2 Å². The van der Waals surface area contributed by atoms with Crippen molar-refractivity contribution in [2.24, 2.45) is 4.99 Å². The van der Waals surface area contributed by atoms with Gasteiger partial charge < -0.3 is 14.8 Å². The molecule has 228 valence electrons. The van der Waals surface area contributed by atoms with E-state index in [0.717, 1.165) is 0 Å². The van der Waals surface area contributed by atoms with Gasteiger partial charge in [-0.1, -0.05) is 60.7 Å². The molecule has 3 aliphatic carbocycles. The molecule has 0 radical (unpaired) electrons. The van der Waals surface area contributed by atoms with E-state index in [1.54, 1.807) is 84.9 Å². The summed E-state index contributed by atoms with van der Waals surface area (Å²) in [5.74, 6) is 0.319. The van der Waals surface area contributed by atoms with Gasteiger partial charge in [-0.2, -0.15) is 0 Å². The molecule has 0 bridgehead atoms. The summed E-state index contributed by atoms with van der Waals surface area (Å²) in [6.45, 7) is 0. The fourth-order valence-corrected chi connectivity index (χ4v) is 6.74. The molecule has 5 aromatic rings. The van der Waals surface area contributed by atoms with E-state index in [1.807, 2.05) is 36.4 Å². The minimum atomic E-state index is -0.744. The summed E-state index contributed by atoms with van der Waals surface area (Å²) < 4.78 is 12.1. The molecule has 1 aliphatic heterocycles. The van der Waals surface area contributed by atoms with Gasteiger partial charge in [-0.05, 0) is 60.7 Å². The molecule has 1 heterocycles. The van der Waals surface area contributed by atoms with Crippen molar-refractivity contribution in [1.82, 2.24) is 0 Å². The average Bonchev–Trinajstić information content (AvgIpc) is 3.12. The van der Waals surface area contributed by atoms with E-state index in [2.05, 4.69) is 5.32 Å². The van der Waals surface area contributed by atoms with Crippen molar-refractivity contribution in [3.63, 3.8) is 0 Å². The second-order valence-corrected chi connectivity index (χ2v) is 11.7. The van der Waals surface area contributed by atoms with Gasteiger partial charge in [0, 0.05) is 27.8 Å². The topological polar surface area (TPSA) is 111 Å². The number of fused-ring (bicyclic) bond motifs is 7. The van der Waals surface area contributed by atoms with E-state index in [4.69, 9.17) is 14.5 Å². The van der Waals surface area contributed by atoms with Crippen LogP contribution in [0.3, 0.4) is 0 Å². The smallest absolute Gasteiger partial charge is 0.198 e. The Hall–Kier alpha value is -6.67. The van der Waals surface area contributed by atoms with E-state index in [0.29, 0.717) is 34.3 Å². The standard InChI is InChI=1S/C40H22N2O6/c43-37-25-17-19-27-35(33(25)39(45)23-13-7-15-29(31(23)37)47-21-9-3-1-4-10-21)41-28-20-18-26-34(36(28)42-27)40(46)24-14-8-16-30(32(24)38(26)44)48-22-11-5-2-6-12-22/h1-20,35,41H. The van der Waals surface area contributed by atoms with Gasteiger partial charge in [0.15, 0.2) is 23.1 Å². The molecule has 0 spiro atoms. The van der Waals surface area contributed by atoms with Crippen LogP contribution in [-0.2, 0) is 0 Å². The lowest BCUT2D eigenvalue weighted by atomic mass is 9.76. The monoisotopic (exact) mass is 626 g/mol. The summed E-state index contributed by atoms with van der Waals surface area (Å²) in [5, 5.41) is 3.36.